The van der Waals surface area contributed by atoms with Gasteiger partial charge >= 0.3 is 0 Å². The molecular weight excluding hydrogens is 310 g/mol. The summed E-state index contributed by atoms with van der Waals surface area (Å²) >= 11 is 0. The lowest BCUT2D eigenvalue weighted by Gasteiger charge is -2.28. The van der Waals surface area contributed by atoms with Crippen molar-refractivity contribution in [2.45, 2.75) is 26.8 Å². The van der Waals surface area contributed by atoms with Crippen molar-refractivity contribution in [2.75, 3.05) is 10.6 Å². The van der Waals surface area contributed by atoms with Gasteiger partial charge in [0.25, 0.3) is 0 Å². The topological polar surface area (TPSA) is 73.6 Å². The fourth-order valence-electron chi connectivity index (χ4n) is 3.08. The molecular formula is C20H21N5. The molecule has 0 fully saturated rings. The molecule has 0 saturated carbocycles. The van der Waals surface area contributed by atoms with Crippen LogP contribution >= 0.6 is 0 Å². The van der Waals surface area contributed by atoms with Gasteiger partial charge in [-0.15, -0.1) is 0 Å². The van der Waals surface area contributed by atoms with Crippen LogP contribution in [0.1, 0.15) is 26.3 Å². The molecule has 1 aliphatic carbocycles. The van der Waals surface area contributed by atoms with Gasteiger partial charge in [-0.05, 0) is 50.1 Å². The van der Waals surface area contributed by atoms with Gasteiger partial charge in [0, 0.05) is 11.9 Å². The fraction of sp³-hybridized carbons (Fsp3) is 0.250. The zero-order valence-corrected chi connectivity index (χ0v) is 14.6. The Kier molecular flexibility index (Phi) is 4.80. The minimum absolute atomic E-state index is 0.223. The minimum Gasteiger partial charge on any atom is -0.363 e. The van der Waals surface area contributed by atoms with Gasteiger partial charge < -0.3 is 10.6 Å². The number of nitrogens with zero attached hydrogens (tertiary/aromatic N) is 3. The summed E-state index contributed by atoms with van der Waals surface area (Å²) in [5.41, 5.74) is 4.07. The normalized spacial score (nSPS) is 19.4. The molecule has 0 amide bonds. The van der Waals surface area contributed by atoms with Gasteiger partial charge in [-0.3, -0.25) is 0 Å². The number of allylic oxidation sites excluding steroid dienone is 2. The van der Waals surface area contributed by atoms with Gasteiger partial charge in [-0.2, -0.15) is 10.2 Å². The van der Waals surface area contributed by atoms with E-state index in [1.165, 1.54) is 11.1 Å². The number of rotatable bonds is 4. The van der Waals surface area contributed by atoms with Crippen molar-refractivity contribution in [3.63, 3.8) is 0 Å². The highest BCUT2D eigenvalue weighted by Crippen LogP contribution is 2.25. The van der Waals surface area contributed by atoms with Crippen molar-refractivity contribution < 1.29 is 0 Å². The molecule has 0 aliphatic heterocycles. The molecule has 1 aromatic carbocycles. The summed E-state index contributed by atoms with van der Waals surface area (Å²) in [6.45, 7) is 6.47. The van der Waals surface area contributed by atoms with Crippen molar-refractivity contribution in [1.29, 1.82) is 5.26 Å². The van der Waals surface area contributed by atoms with Gasteiger partial charge in [0.1, 0.15) is 5.82 Å². The number of aromatic nitrogens is 2. The zero-order chi connectivity index (χ0) is 17.8. The Morgan fingerprint density at radius 1 is 1.12 bits per heavy atom. The number of nitrogens with one attached hydrogen (secondary N) is 2. The molecule has 1 heterocycles. The highest BCUT2D eigenvalue weighted by Gasteiger charge is 2.21. The maximum atomic E-state index is 8.86. The maximum absolute atomic E-state index is 8.86. The Labute approximate surface area is 148 Å². The maximum Gasteiger partial charge on any atom is 0.229 e. The predicted octanol–water partition coefficient (Wildman–Crippen LogP) is 4.41. The summed E-state index contributed by atoms with van der Waals surface area (Å²) in [6.07, 6.45) is 6.20. The summed E-state index contributed by atoms with van der Waals surface area (Å²) in [5.74, 6) is 1.70. The predicted molar refractivity (Wildman–Crippen MR) is 101 cm³/mol. The first-order chi connectivity index (χ1) is 12.0. The van der Waals surface area contributed by atoms with Gasteiger partial charge in [0.15, 0.2) is 0 Å². The minimum atomic E-state index is 0.223. The smallest absolute Gasteiger partial charge is 0.229 e. The van der Waals surface area contributed by atoms with Crippen LogP contribution in [0.2, 0.25) is 0 Å². The number of hydrogen-bond donors (Lipinski definition) is 2. The van der Waals surface area contributed by atoms with Gasteiger partial charge in [0.2, 0.25) is 5.95 Å². The van der Waals surface area contributed by atoms with Crippen LogP contribution < -0.4 is 10.6 Å². The van der Waals surface area contributed by atoms with Crippen molar-refractivity contribution in [1.82, 2.24) is 9.97 Å². The average Bonchev–Trinajstić information content (AvgIpc) is 2.59. The number of anilines is 3. The lowest BCUT2D eigenvalue weighted by molar-refractivity contribution is 0.623. The van der Waals surface area contributed by atoms with Crippen LogP contribution in [0.4, 0.5) is 17.5 Å². The summed E-state index contributed by atoms with van der Waals surface area (Å²) in [4.78, 5) is 8.81. The molecule has 5 nitrogen and oxygen atoms in total. The molecule has 3 rings (SSSR count). The molecule has 0 bridgehead atoms. The van der Waals surface area contributed by atoms with E-state index in [1.807, 2.05) is 18.2 Å². The number of nitriles is 1. The van der Waals surface area contributed by atoms with E-state index < -0.39 is 0 Å². The molecule has 0 saturated heterocycles. The van der Waals surface area contributed by atoms with Crippen LogP contribution in [-0.4, -0.2) is 16.0 Å². The van der Waals surface area contributed by atoms with E-state index in [1.54, 1.807) is 18.3 Å². The molecule has 25 heavy (non-hydrogen) atoms. The van der Waals surface area contributed by atoms with E-state index in [2.05, 4.69) is 59.6 Å². The molecule has 0 radical (unpaired) electrons. The van der Waals surface area contributed by atoms with E-state index >= 15 is 0 Å². The van der Waals surface area contributed by atoms with Crippen LogP contribution in [0.25, 0.3) is 0 Å². The summed E-state index contributed by atoms with van der Waals surface area (Å²) in [7, 11) is 0. The molecule has 2 aromatic rings. The highest BCUT2D eigenvalue weighted by molar-refractivity contribution is 5.56. The van der Waals surface area contributed by atoms with Gasteiger partial charge in [-0.1, -0.05) is 30.2 Å². The van der Waals surface area contributed by atoms with E-state index in [9.17, 15) is 0 Å². The third kappa shape index (κ3) is 4.04. The second-order valence-corrected chi connectivity index (χ2v) is 6.36. The van der Waals surface area contributed by atoms with E-state index in [0.717, 1.165) is 11.5 Å². The Bertz CT molecular complexity index is 858. The Morgan fingerprint density at radius 3 is 2.56 bits per heavy atom. The van der Waals surface area contributed by atoms with Crippen molar-refractivity contribution in [3.8, 4) is 6.07 Å². The monoisotopic (exact) mass is 331 g/mol. The van der Waals surface area contributed by atoms with E-state index in [4.69, 9.17) is 5.26 Å². The zero-order valence-electron chi connectivity index (χ0n) is 14.6. The summed E-state index contributed by atoms with van der Waals surface area (Å²) in [6, 6.07) is 11.4. The van der Waals surface area contributed by atoms with Gasteiger partial charge in [-0.25, -0.2) is 4.98 Å². The first-order valence-electron chi connectivity index (χ1n) is 8.28. The second kappa shape index (κ2) is 7.18. The number of hydrogen-bond acceptors (Lipinski definition) is 5. The Morgan fingerprint density at radius 2 is 1.88 bits per heavy atom. The molecule has 5 heteroatoms. The summed E-state index contributed by atoms with van der Waals surface area (Å²) in [5, 5.41) is 15.5. The Balaban J connectivity index is 1.73. The lowest BCUT2D eigenvalue weighted by Crippen LogP contribution is -2.30. The van der Waals surface area contributed by atoms with Crippen LogP contribution in [0.3, 0.4) is 0 Å². The summed E-state index contributed by atoms with van der Waals surface area (Å²) < 4.78 is 0. The molecule has 1 aliphatic rings. The van der Waals surface area contributed by atoms with E-state index in [-0.39, 0.29) is 6.04 Å². The van der Waals surface area contributed by atoms with Crippen molar-refractivity contribution in [2.24, 2.45) is 5.92 Å². The standard InChI is InChI=1S/C20H21N5/c1-13-10-14(2)19(15(3)11-13)24-18-8-9-22-20(25-18)23-17-6-4-16(12-21)5-7-17/h4-11,14,19H,1-3H3,(H2,22,23,24,25). The van der Waals surface area contributed by atoms with Crippen molar-refractivity contribution >= 4 is 17.5 Å². The van der Waals surface area contributed by atoms with E-state index in [0.29, 0.717) is 17.4 Å². The molecule has 126 valence electrons. The quantitative estimate of drug-likeness (QED) is 0.868. The Hall–Kier alpha value is -3.13. The van der Waals surface area contributed by atoms with Crippen molar-refractivity contribution in [3.05, 3.63) is 65.4 Å². The SMILES string of the molecule is CC1=CC(C)C(Nc2ccnc(Nc3ccc(C#N)cc3)n2)C(C)=C1. The average molecular weight is 331 g/mol. The van der Waals surface area contributed by atoms with Crippen LogP contribution in [-0.2, 0) is 0 Å². The third-order valence-corrected chi connectivity index (χ3v) is 4.23. The molecule has 2 N–H and O–H groups in total. The fourth-order valence-corrected chi connectivity index (χ4v) is 3.08. The first-order valence-corrected chi connectivity index (χ1v) is 8.28. The largest absolute Gasteiger partial charge is 0.363 e. The number of benzene rings is 1. The second-order valence-electron chi connectivity index (χ2n) is 6.36. The first kappa shape index (κ1) is 16.7. The van der Waals surface area contributed by atoms with Gasteiger partial charge in [0.05, 0.1) is 17.7 Å². The third-order valence-electron chi connectivity index (χ3n) is 4.23. The molecule has 0 spiro atoms. The molecule has 2 unspecified atom stereocenters. The van der Waals surface area contributed by atoms with Crippen LogP contribution in [0, 0.1) is 17.2 Å². The molecule has 2 atom stereocenters. The van der Waals surface area contributed by atoms with Crippen LogP contribution in [0.5, 0.6) is 0 Å². The highest BCUT2D eigenvalue weighted by atomic mass is 15.1. The lowest BCUT2D eigenvalue weighted by atomic mass is 9.88. The van der Waals surface area contributed by atoms with Crippen LogP contribution in [0.15, 0.2) is 59.8 Å². The molecule has 1 aromatic heterocycles.